The van der Waals surface area contributed by atoms with Crippen LogP contribution in [0.1, 0.15) is 22.2 Å². The molecule has 6 heteroatoms. The van der Waals surface area contributed by atoms with E-state index in [-0.39, 0.29) is 12.5 Å². The van der Waals surface area contributed by atoms with Crippen LogP contribution in [0.15, 0.2) is 48.7 Å². The van der Waals surface area contributed by atoms with Crippen LogP contribution < -0.4 is 5.32 Å². The molecule has 0 saturated carbocycles. The molecule has 0 spiro atoms. The van der Waals surface area contributed by atoms with Gasteiger partial charge in [0.2, 0.25) is 0 Å². The summed E-state index contributed by atoms with van der Waals surface area (Å²) < 4.78 is 0.977. The van der Waals surface area contributed by atoms with E-state index in [1.54, 1.807) is 6.92 Å². The molecule has 0 aliphatic heterocycles. The number of pyridine rings is 1. The Balaban J connectivity index is 1.98. The summed E-state index contributed by atoms with van der Waals surface area (Å²) in [6.07, 6.45) is 1.21. The van der Waals surface area contributed by atoms with Crippen molar-refractivity contribution in [3.63, 3.8) is 0 Å². The Bertz CT molecular complexity index is 1180. The lowest BCUT2D eigenvalue weighted by atomic mass is 10.0. The van der Waals surface area contributed by atoms with Crippen molar-refractivity contribution >= 4 is 49.8 Å². The molecule has 4 nitrogen and oxygen atoms in total. The van der Waals surface area contributed by atoms with Crippen LogP contribution in [0.3, 0.4) is 0 Å². The summed E-state index contributed by atoms with van der Waals surface area (Å²) in [5, 5.41) is 14.8. The molecule has 0 saturated heterocycles. The number of nitrogens with zero attached hydrogens (tertiary/aromatic N) is 1. The third-order valence-corrected chi connectivity index (χ3v) is 6.06. The van der Waals surface area contributed by atoms with Gasteiger partial charge in [-0.15, -0.1) is 11.3 Å². The number of hydrogen-bond donors (Lipinski definition) is 2. The number of aryl methyl sites for hydroxylation is 1. The van der Waals surface area contributed by atoms with E-state index >= 15 is 0 Å². The molecule has 142 valence electrons. The summed E-state index contributed by atoms with van der Waals surface area (Å²) in [4.78, 5) is 18.1. The lowest BCUT2D eigenvalue weighted by Crippen LogP contribution is -2.30. The van der Waals surface area contributed by atoms with Crippen LogP contribution in [-0.4, -0.2) is 28.6 Å². The van der Waals surface area contributed by atoms with E-state index in [1.807, 2.05) is 55.6 Å². The zero-order valence-corrected chi connectivity index (χ0v) is 17.1. The van der Waals surface area contributed by atoms with E-state index in [4.69, 9.17) is 11.6 Å². The fourth-order valence-corrected chi connectivity index (χ4v) is 4.60. The van der Waals surface area contributed by atoms with Crippen LogP contribution in [0.25, 0.3) is 32.1 Å². The fourth-order valence-electron chi connectivity index (χ4n) is 3.19. The minimum absolute atomic E-state index is 0.200. The van der Waals surface area contributed by atoms with Gasteiger partial charge in [0.25, 0.3) is 5.91 Å². The highest BCUT2D eigenvalue weighted by molar-refractivity contribution is 7.22. The molecule has 0 aliphatic rings. The second-order valence-corrected chi connectivity index (χ2v) is 8.35. The quantitative estimate of drug-likeness (QED) is 0.486. The first-order valence-corrected chi connectivity index (χ1v) is 10.2. The maximum Gasteiger partial charge on any atom is 0.262 e. The number of hydrogen-bond acceptors (Lipinski definition) is 4. The molecule has 0 fully saturated rings. The van der Waals surface area contributed by atoms with Crippen LogP contribution in [0, 0.1) is 6.92 Å². The average molecular weight is 411 g/mol. The summed E-state index contributed by atoms with van der Waals surface area (Å²) >= 11 is 7.65. The lowest BCUT2D eigenvalue weighted by molar-refractivity contribution is 0.0928. The average Bonchev–Trinajstić information content (AvgIpc) is 3.07. The van der Waals surface area contributed by atoms with Gasteiger partial charge in [0.1, 0.15) is 4.88 Å². The number of rotatable bonds is 4. The number of amides is 1. The largest absolute Gasteiger partial charge is 0.392 e. The highest BCUT2D eigenvalue weighted by Gasteiger charge is 2.21. The normalized spacial score (nSPS) is 12.4. The number of aromatic nitrogens is 1. The van der Waals surface area contributed by atoms with E-state index in [0.717, 1.165) is 37.7 Å². The van der Waals surface area contributed by atoms with Crippen molar-refractivity contribution in [1.29, 1.82) is 0 Å². The maximum atomic E-state index is 12.9. The third kappa shape index (κ3) is 3.49. The van der Waals surface area contributed by atoms with Gasteiger partial charge in [0.15, 0.2) is 0 Å². The molecule has 0 radical (unpaired) electrons. The molecule has 2 aromatic carbocycles. The Kier molecular flexibility index (Phi) is 5.06. The van der Waals surface area contributed by atoms with E-state index in [2.05, 4.69) is 10.3 Å². The van der Waals surface area contributed by atoms with Gasteiger partial charge in [-0.25, -0.2) is 0 Å². The van der Waals surface area contributed by atoms with E-state index in [9.17, 15) is 9.90 Å². The van der Waals surface area contributed by atoms with Crippen LogP contribution in [0.4, 0.5) is 0 Å². The topological polar surface area (TPSA) is 62.2 Å². The Hall–Kier alpha value is -2.47. The molecular formula is C22H19ClN2O2S. The number of halogens is 1. The predicted octanol–water partition coefficient (Wildman–Crippen LogP) is 5.19. The molecule has 2 aromatic heterocycles. The van der Waals surface area contributed by atoms with Gasteiger partial charge in [-0.3, -0.25) is 9.78 Å². The minimum Gasteiger partial charge on any atom is -0.392 e. The van der Waals surface area contributed by atoms with Crippen molar-refractivity contribution in [2.24, 2.45) is 0 Å². The molecule has 4 rings (SSSR count). The van der Waals surface area contributed by atoms with Crippen molar-refractivity contribution in [3.8, 4) is 11.1 Å². The standard InChI is InChI=1S/C22H19ClN2O2S/c1-12-3-5-14(6-4-12)19-17-11-24-18-8-7-15(23)9-16(18)20(17)28-21(19)22(27)25-10-13(2)26/h3-9,11,13,26H,10H2,1-2H3,(H,25,27)/t13-/m0/s1. The van der Waals surface area contributed by atoms with Crippen molar-refractivity contribution < 1.29 is 9.90 Å². The molecule has 1 atom stereocenters. The van der Waals surface area contributed by atoms with Crippen LogP contribution >= 0.6 is 22.9 Å². The van der Waals surface area contributed by atoms with Crippen molar-refractivity contribution in [1.82, 2.24) is 10.3 Å². The van der Waals surface area contributed by atoms with E-state index in [0.29, 0.717) is 9.90 Å². The minimum atomic E-state index is -0.609. The van der Waals surface area contributed by atoms with Crippen molar-refractivity contribution in [2.75, 3.05) is 6.54 Å². The van der Waals surface area contributed by atoms with Gasteiger partial charge >= 0.3 is 0 Å². The van der Waals surface area contributed by atoms with Crippen LogP contribution in [0.2, 0.25) is 5.02 Å². The Morgan fingerprint density at radius 1 is 1.21 bits per heavy atom. The number of aliphatic hydroxyl groups is 1. The number of aliphatic hydroxyl groups excluding tert-OH is 1. The molecular weight excluding hydrogens is 392 g/mol. The highest BCUT2D eigenvalue weighted by atomic mass is 35.5. The highest BCUT2D eigenvalue weighted by Crippen LogP contribution is 2.42. The summed E-state index contributed by atoms with van der Waals surface area (Å²) in [5.74, 6) is -0.201. The Labute approximate surface area is 171 Å². The molecule has 0 unspecified atom stereocenters. The lowest BCUT2D eigenvalue weighted by Gasteiger charge is -2.08. The number of nitrogens with one attached hydrogen (secondary N) is 1. The van der Waals surface area contributed by atoms with Crippen molar-refractivity contribution in [2.45, 2.75) is 20.0 Å². The molecule has 1 amide bonds. The second-order valence-electron chi connectivity index (χ2n) is 6.89. The Morgan fingerprint density at radius 2 is 1.96 bits per heavy atom. The van der Waals surface area contributed by atoms with Gasteiger partial charge in [-0.2, -0.15) is 0 Å². The van der Waals surface area contributed by atoms with Gasteiger partial charge in [-0.05, 0) is 37.6 Å². The number of fused-ring (bicyclic) bond motifs is 3. The maximum absolute atomic E-state index is 12.9. The predicted molar refractivity (Wildman–Crippen MR) is 116 cm³/mol. The van der Waals surface area contributed by atoms with Gasteiger partial charge in [0, 0.05) is 38.8 Å². The van der Waals surface area contributed by atoms with Crippen LogP contribution in [-0.2, 0) is 0 Å². The summed E-state index contributed by atoms with van der Waals surface area (Å²) in [5.41, 5.74) is 3.81. The van der Waals surface area contributed by atoms with Gasteiger partial charge in [-0.1, -0.05) is 41.4 Å². The first-order valence-electron chi connectivity index (χ1n) is 8.98. The SMILES string of the molecule is Cc1ccc(-c2c(C(=O)NC[C@H](C)O)sc3c2cnc2ccc(Cl)cc23)cc1. The number of carbonyl (C=O) groups excluding carboxylic acids is 1. The smallest absolute Gasteiger partial charge is 0.262 e. The molecule has 4 aromatic rings. The number of carbonyl (C=O) groups is 1. The van der Waals surface area contributed by atoms with E-state index in [1.165, 1.54) is 11.3 Å². The zero-order chi connectivity index (χ0) is 19.8. The van der Waals surface area contributed by atoms with Gasteiger partial charge < -0.3 is 10.4 Å². The summed E-state index contributed by atoms with van der Waals surface area (Å²) in [7, 11) is 0. The third-order valence-electron chi connectivity index (χ3n) is 4.59. The molecule has 0 bridgehead atoms. The first-order chi connectivity index (χ1) is 13.4. The molecule has 28 heavy (non-hydrogen) atoms. The van der Waals surface area contributed by atoms with Gasteiger partial charge in [0.05, 0.1) is 11.6 Å². The fraction of sp³-hybridized carbons (Fsp3) is 0.182. The Morgan fingerprint density at radius 3 is 2.68 bits per heavy atom. The monoisotopic (exact) mass is 410 g/mol. The molecule has 0 aliphatic carbocycles. The molecule has 2 N–H and O–H groups in total. The second kappa shape index (κ2) is 7.51. The van der Waals surface area contributed by atoms with Crippen LogP contribution in [0.5, 0.6) is 0 Å². The number of thiophene rings is 1. The zero-order valence-electron chi connectivity index (χ0n) is 15.5. The summed E-state index contributed by atoms with van der Waals surface area (Å²) in [6.45, 7) is 3.87. The first kappa shape index (κ1) is 18.9. The number of benzene rings is 2. The summed E-state index contributed by atoms with van der Waals surface area (Å²) in [6, 6.07) is 13.7. The molecule has 2 heterocycles. The van der Waals surface area contributed by atoms with Crippen molar-refractivity contribution in [3.05, 3.63) is 64.1 Å². The van der Waals surface area contributed by atoms with E-state index < -0.39 is 6.10 Å².